The van der Waals surface area contributed by atoms with Crippen molar-refractivity contribution in [1.82, 2.24) is 0 Å². The largest absolute Gasteiger partial charge is 0.493 e. The van der Waals surface area contributed by atoms with Gasteiger partial charge in [0.2, 0.25) is 0 Å². The van der Waals surface area contributed by atoms with Gasteiger partial charge >= 0.3 is 17.9 Å². The van der Waals surface area contributed by atoms with Crippen LogP contribution in [0.5, 0.6) is 17.2 Å². The molecule has 0 aromatic heterocycles. The zero-order valence-corrected chi connectivity index (χ0v) is 20.3. The van der Waals surface area contributed by atoms with Crippen molar-refractivity contribution < 1.29 is 33.7 Å². The average molecular weight is 491 g/mol. The molecule has 0 atom stereocenters. The fraction of sp³-hybridized carbons (Fsp3) is 0.276. The van der Waals surface area contributed by atoms with Gasteiger partial charge in [0.25, 0.3) is 0 Å². The summed E-state index contributed by atoms with van der Waals surface area (Å²) in [6.07, 6.45) is 6.89. The van der Waals surface area contributed by atoms with Crippen LogP contribution in [0.1, 0.15) is 76.5 Å². The number of carboxylic acids is 1. The van der Waals surface area contributed by atoms with Crippen molar-refractivity contribution in [2.45, 2.75) is 45.4 Å². The van der Waals surface area contributed by atoms with Crippen molar-refractivity contribution in [3.05, 3.63) is 89.5 Å². The smallest absolute Gasteiger partial charge is 0.347 e. The van der Waals surface area contributed by atoms with Crippen molar-refractivity contribution in [3.8, 4) is 17.2 Å². The van der Waals surface area contributed by atoms with Crippen molar-refractivity contribution in [1.29, 1.82) is 0 Å². The van der Waals surface area contributed by atoms with Crippen molar-refractivity contribution >= 4 is 17.9 Å². The molecule has 3 rings (SSSR count). The number of benzene rings is 3. The number of unbranched alkanes of at least 4 members (excludes halogenated alkanes) is 5. The summed E-state index contributed by atoms with van der Waals surface area (Å²) in [5.41, 5.74) is 0.673. The Labute approximate surface area is 210 Å². The van der Waals surface area contributed by atoms with Gasteiger partial charge in [-0.15, -0.1) is 0 Å². The topological polar surface area (TPSA) is 99.1 Å². The van der Waals surface area contributed by atoms with Gasteiger partial charge in [-0.3, -0.25) is 0 Å². The quantitative estimate of drug-likeness (QED) is 0.164. The molecule has 0 aliphatic heterocycles. The number of carbonyl (C=O) groups is 3. The van der Waals surface area contributed by atoms with Gasteiger partial charge in [-0.2, -0.15) is 0 Å². The molecule has 1 N–H and O–H groups in total. The standard InChI is InChI=1S/C29H30O7/c1-2-3-4-5-6-9-20-34-26-11-8-7-10-25(26)29(33)36-24-18-14-22(15-19-24)28(32)35-23-16-12-21(13-17-23)27(30)31/h7-8,10-19H,2-6,9,20H2,1H3,(H,30,31). The van der Waals surface area contributed by atoms with E-state index in [4.69, 9.17) is 19.3 Å². The van der Waals surface area contributed by atoms with Gasteiger partial charge in [0.1, 0.15) is 22.8 Å². The van der Waals surface area contributed by atoms with Gasteiger partial charge in [-0.25, -0.2) is 14.4 Å². The van der Waals surface area contributed by atoms with Crippen LogP contribution in [-0.2, 0) is 0 Å². The molecule has 36 heavy (non-hydrogen) atoms. The highest BCUT2D eigenvalue weighted by molar-refractivity contribution is 5.94. The monoisotopic (exact) mass is 490 g/mol. The second kappa shape index (κ2) is 13.7. The predicted octanol–water partition coefficient (Wildman–Crippen LogP) is 6.56. The molecule has 0 aliphatic carbocycles. The van der Waals surface area contributed by atoms with E-state index >= 15 is 0 Å². The minimum absolute atomic E-state index is 0.0929. The predicted molar refractivity (Wildman–Crippen MR) is 135 cm³/mol. The van der Waals surface area contributed by atoms with Crippen LogP contribution < -0.4 is 14.2 Å². The summed E-state index contributed by atoms with van der Waals surface area (Å²) in [7, 11) is 0. The molecule has 0 heterocycles. The Balaban J connectivity index is 1.53. The molecule has 0 fully saturated rings. The fourth-order valence-corrected chi connectivity index (χ4v) is 3.48. The van der Waals surface area contributed by atoms with E-state index in [1.165, 1.54) is 74.2 Å². The Bertz CT molecular complexity index is 1150. The van der Waals surface area contributed by atoms with Gasteiger partial charge in [-0.05, 0) is 67.1 Å². The Hall–Kier alpha value is -4.13. The molecular formula is C29H30O7. The van der Waals surface area contributed by atoms with Gasteiger partial charge < -0.3 is 19.3 Å². The first-order valence-corrected chi connectivity index (χ1v) is 12.1. The van der Waals surface area contributed by atoms with Crippen LogP contribution in [-0.4, -0.2) is 29.6 Å². The van der Waals surface area contributed by atoms with Crippen LogP contribution in [0.3, 0.4) is 0 Å². The SMILES string of the molecule is CCCCCCCCOc1ccccc1C(=O)Oc1ccc(C(=O)Oc2ccc(C(=O)O)cc2)cc1. The number of carboxylic acid groups (broad SMARTS) is 1. The minimum atomic E-state index is -1.06. The molecule has 0 radical (unpaired) electrons. The molecule has 0 aliphatic rings. The third kappa shape index (κ3) is 7.98. The first-order valence-electron chi connectivity index (χ1n) is 12.1. The third-order valence-electron chi connectivity index (χ3n) is 5.47. The third-order valence-corrected chi connectivity index (χ3v) is 5.47. The summed E-state index contributed by atoms with van der Waals surface area (Å²) >= 11 is 0. The van der Waals surface area contributed by atoms with E-state index in [0.717, 1.165) is 12.8 Å². The first-order chi connectivity index (χ1) is 17.5. The summed E-state index contributed by atoms with van der Waals surface area (Å²) in [5.74, 6) is -1.27. The molecule has 0 saturated heterocycles. The van der Waals surface area contributed by atoms with E-state index in [0.29, 0.717) is 17.9 Å². The summed E-state index contributed by atoms with van der Waals surface area (Å²) < 4.78 is 16.6. The van der Waals surface area contributed by atoms with Crippen LogP contribution >= 0.6 is 0 Å². The number of rotatable bonds is 13. The second-order valence-electron chi connectivity index (χ2n) is 8.25. The van der Waals surface area contributed by atoms with Crippen LogP contribution in [0.2, 0.25) is 0 Å². The van der Waals surface area contributed by atoms with Crippen LogP contribution in [0.15, 0.2) is 72.8 Å². The van der Waals surface area contributed by atoms with Crippen LogP contribution in [0.25, 0.3) is 0 Å². The number of hydrogen-bond acceptors (Lipinski definition) is 6. The molecule has 7 nitrogen and oxygen atoms in total. The number of para-hydroxylation sites is 1. The Morgan fingerprint density at radius 3 is 1.86 bits per heavy atom. The molecule has 0 unspecified atom stereocenters. The molecule has 0 bridgehead atoms. The number of carbonyl (C=O) groups excluding carboxylic acids is 2. The zero-order chi connectivity index (χ0) is 25.8. The lowest BCUT2D eigenvalue weighted by Gasteiger charge is -2.11. The maximum atomic E-state index is 12.7. The summed E-state index contributed by atoms with van der Waals surface area (Å²) in [6, 6.07) is 18.4. The van der Waals surface area contributed by atoms with E-state index in [9.17, 15) is 14.4 Å². The molecule has 3 aromatic carbocycles. The Morgan fingerprint density at radius 2 is 1.22 bits per heavy atom. The van der Waals surface area contributed by atoms with Gasteiger partial charge in [0.05, 0.1) is 17.7 Å². The van der Waals surface area contributed by atoms with Crippen molar-refractivity contribution in [2.75, 3.05) is 6.61 Å². The number of esters is 2. The van der Waals surface area contributed by atoms with Crippen molar-refractivity contribution in [2.24, 2.45) is 0 Å². The minimum Gasteiger partial charge on any atom is -0.493 e. The maximum Gasteiger partial charge on any atom is 0.347 e. The lowest BCUT2D eigenvalue weighted by Crippen LogP contribution is -2.12. The number of ether oxygens (including phenoxy) is 3. The van der Waals surface area contributed by atoms with E-state index in [1.807, 2.05) is 6.07 Å². The van der Waals surface area contributed by atoms with E-state index in [2.05, 4.69) is 6.92 Å². The number of hydrogen-bond donors (Lipinski definition) is 1. The summed E-state index contributed by atoms with van der Waals surface area (Å²) in [4.78, 5) is 36.0. The highest BCUT2D eigenvalue weighted by Gasteiger charge is 2.16. The second-order valence-corrected chi connectivity index (χ2v) is 8.25. The fourth-order valence-electron chi connectivity index (χ4n) is 3.48. The maximum absolute atomic E-state index is 12.7. The molecule has 3 aromatic rings. The van der Waals surface area contributed by atoms with Crippen LogP contribution in [0.4, 0.5) is 0 Å². The number of aromatic carboxylic acids is 1. The highest BCUT2D eigenvalue weighted by atomic mass is 16.5. The lowest BCUT2D eigenvalue weighted by molar-refractivity contribution is 0.0693. The molecule has 0 amide bonds. The van der Waals surface area contributed by atoms with Gasteiger partial charge in [0, 0.05) is 0 Å². The molecular weight excluding hydrogens is 460 g/mol. The molecule has 0 saturated carbocycles. The van der Waals surface area contributed by atoms with Gasteiger partial charge in [0.15, 0.2) is 0 Å². The molecule has 7 heteroatoms. The average Bonchev–Trinajstić information content (AvgIpc) is 2.89. The van der Waals surface area contributed by atoms with E-state index in [-0.39, 0.29) is 22.6 Å². The first kappa shape index (κ1) is 26.5. The highest BCUT2D eigenvalue weighted by Crippen LogP contribution is 2.22. The Morgan fingerprint density at radius 1 is 0.667 bits per heavy atom. The molecule has 0 spiro atoms. The van der Waals surface area contributed by atoms with Crippen LogP contribution in [0, 0.1) is 0 Å². The Kier molecular flexibility index (Phi) is 10.1. The zero-order valence-electron chi connectivity index (χ0n) is 20.3. The summed E-state index contributed by atoms with van der Waals surface area (Å²) in [5, 5.41) is 8.94. The normalized spacial score (nSPS) is 10.5. The summed E-state index contributed by atoms with van der Waals surface area (Å²) in [6.45, 7) is 2.72. The lowest BCUT2D eigenvalue weighted by atomic mass is 10.1. The van der Waals surface area contributed by atoms with E-state index < -0.39 is 17.9 Å². The molecule has 188 valence electrons. The van der Waals surface area contributed by atoms with Crippen molar-refractivity contribution in [3.63, 3.8) is 0 Å². The van der Waals surface area contributed by atoms with Gasteiger partial charge in [-0.1, -0.05) is 51.2 Å². The van der Waals surface area contributed by atoms with E-state index in [1.54, 1.807) is 18.2 Å².